The summed E-state index contributed by atoms with van der Waals surface area (Å²) in [6.07, 6.45) is -3.51. The van der Waals surface area contributed by atoms with Gasteiger partial charge in [-0.15, -0.1) is 0 Å². The van der Waals surface area contributed by atoms with Crippen LogP contribution in [-0.2, 0) is 20.5 Å². The Kier molecular flexibility index (Phi) is 7.25. The van der Waals surface area contributed by atoms with Gasteiger partial charge in [0.05, 0.1) is 22.0 Å². The van der Waals surface area contributed by atoms with Crippen molar-refractivity contribution in [2.75, 3.05) is 13.2 Å². The number of nitro groups is 1. The standard InChI is InChI=1S/C21H15F3N2O7S/c1-2-32-18(27)11-25-19(28)17(34-20(25)29)9-12-5-3-4-6-15(12)33-16-8-7-13(21(22,23)24)10-14(16)26(30)31/h3-10H,2,11H2,1H3/b17-9+. The molecule has 0 spiro atoms. The van der Waals surface area contributed by atoms with E-state index in [1.165, 1.54) is 24.3 Å². The van der Waals surface area contributed by atoms with Gasteiger partial charge in [-0.1, -0.05) is 18.2 Å². The highest BCUT2D eigenvalue weighted by Crippen LogP contribution is 2.39. The molecule has 0 unspecified atom stereocenters. The first kappa shape index (κ1) is 24.8. The zero-order valence-corrected chi connectivity index (χ0v) is 18.1. The van der Waals surface area contributed by atoms with Crippen LogP contribution in [-0.4, -0.2) is 40.1 Å². The molecule has 0 N–H and O–H groups in total. The van der Waals surface area contributed by atoms with Gasteiger partial charge in [0.15, 0.2) is 0 Å². The number of halogens is 3. The maximum atomic E-state index is 12.9. The van der Waals surface area contributed by atoms with Crippen molar-refractivity contribution >= 4 is 40.6 Å². The molecule has 2 aromatic rings. The highest BCUT2D eigenvalue weighted by molar-refractivity contribution is 8.18. The van der Waals surface area contributed by atoms with Gasteiger partial charge in [-0.05, 0) is 43.0 Å². The number of hydrogen-bond donors (Lipinski definition) is 0. The van der Waals surface area contributed by atoms with Crippen molar-refractivity contribution in [3.05, 3.63) is 68.6 Å². The summed E-state index contributed by atoms with van der Waals surface area (Å²) >= 11 is 0.566. The molecule has 0 radical (unpaired) electrons. The van der Waals surface area contributed by atoms with Gasteiger partial charge < -0.3 is 9.47 Å². The maximum Gasteiger partial charge on any atom is 0.416 e. The first-order chi connectivity index (χ1) is 16.0. The Morgan fingerprint density at radius 3 is 2.53 bits per heavy atom. The fourth-order valence-corrected chi connectivity index (χ4v) is 3.68. The molecule has 3 rings (SSSR count). The van der Waals surface area contributed by atoms with Crippen molar-refractivity contribution in [3.8, 4) is 11.5 Å². The van der Waals surface area contributed by atoms with E-state index in [0.29, 0.717) is 28.8 Å². The molecule has 2 aromatic carbocycles. The number of benzene rings is 2. The molecule has 1 aliphatic rings. The topological polar surface area (TPSA) is 116 Å². The summed E-state index contributed by atoms with van der Waals surface area (Å²) in [6.45, 7) is 1.08. The molecule has 34 heavy (non-hydrogen) atoms. The van der Waals surface area contributed by atoms with E-state index in [0.717, 1.165) is 6.07 Å². The second-order valence-corrected chi connectivity index (χ2v) is 7.64. The van der Waals surface area contributed by atoms with Crippen LogP contribution >= 0.6 is 11.8 Å². The van der Waals surface area contributed by atoms with Crippen LogP contribution in [0.25, 0.3) is 6.08 Å². The fraction of sp³-hybridized carbons (Fsp3) is 0.190. The molecule has 0 aromatic heterocycles. The number of carbonyl (C=O) groups excluding carboxylic acids is 3. The molecule has 0 atom stereocenters. The molecule has 1 heterocycles. The number of nitro benzene ring substituents is 1. The SMILES string of the molecule is CCOC(=O)CN1C(=O)S/C(=C/c2ccccc2Oc2ccc(C(F)(F)F)cc2[N+](=O)[O-])C1=O. The average Bonchev–Trinajstić information content (AvgIpc) is 3.02. The predicted octanol–water partition coefficient (Wildman–Crippen LogP) is 5.01. The van der Waals surface area contributed by atoms with Gasteiger partial charge >= 0.3 is 17.8 Å². The Hall–Kier alpha value is -3.87. The van der Waals surface area contributed by atoms with Crippen molar-refractivity contribution in [3.63, 3.8) is 0 Å². The number of esters is 1. The quantitative estimate of drug-likeness (QED) is 0.227. The first-order valence-electron chi connectivity index (χ1n) is 9.54. The minimum absolute atomic E-state index is 0.0115. The van der Waals surface area contributed by atoms with Crippen LogP contribution in [0, 0.1) is 10.1 Å². The molecular formula is C21H15F3N2O7S. The Labute approximate surface area is 194 Å². The zero-order chi connectivity index (χ0) is 25.0. The third-order valence-corrected chi connectivity index (χ3v) is 5.28. The van der Waals surface area contributed by atoms with Crippen LogP contribution in [0.15, 0.2) is 47.4 Å². The Bertz CT molecular complexity index is 1200. The van der Waals surface area contributed by atoms with Gasteiger partial charge in [0.2, 0.25) is 5.75 Å². The number of nitrogens with zero attached hydrogens (tertiary/aromatic N) is 2. The minimum atomic E-state index is -4.78. The molecule has 1 saturated heterocycles. The van der Waals surface area contributed by atoms with Crippen molar-refractivity contribution < 1.29 is 42.0 Å². The zero-order valence-electron chi connectivity index (χ0n) is 17.3. The highest BCUT2D eigenvalue weighted by atomic mass is 32.2. The normalized spacial score (nSPS) is 15.1. The number of para-hydroxylation sites is 1. The fourth-order valence-electron chi connectivity index (χ4n) is 2.85. The average molecular weight is 496 g/mol. The van der Waals surface area contributed by atoms with Crippen molar-refractivity contribution in [1.82, 2.24) is 4.90 Å². The lowest BCUT2D eigenvalue weighted by Crippen LogP contribution is -2.34. The third-order valence-electron chi connectivity index (χ3n) is 4.37. The molecule has 0 aliphatic carbocycles. The van der Waals surface area contributed by atoms with E-state index in [2.05, 4.69) is 0 Å². The molecule has 0 bridgehead atoms. The van der Waals surface area contributed by atoms with Crippen molar-refractivity contribution in [1.29, 1.82) is 0 Å². The Morgan fingerprint density at radius 2 is 1.88 bits per heavy atom. The largest absolute Gasteiger partial charge is 0.465 e. The molecule has 1 fully saturated rings. The number of amides is 2. The van der Waals surface area contributed by atoms with E-state index in [9.17, 15) is 37.7 Å². The number of carbonyl (C=O) groups is 3. The number of hydrogen-bond acceptors (Lipinski definition) is 8. The minimum Gasteiger partial charge on any atom is -0.465 e. The van der Waals surface area contributed by atoms with Crippen molar-refractivity contribution in [2.45, 2.75) is 13.1 Å². The molecule has 9 nitrogen and oxygen atoms in total. The second-order valence-electron chi connectivity index (χ2n) is 6.65. The predicted molar refractivity (Wildman–Crippen MR) is 114 cm³/mol. The molecule has 0 saturated carbocycles. The highest BCUT2D eigenvalue weighted by Gasteiger charge is 2.37. The summed E-state index contributed by atoms with van der Waals surface area (Å²) in [4.78, 5) is 47.3. The number of imide groups is 1. The van der Waals surface area contributed by atoms with Gasteiger partial charge in [-0.3, -0.25) is 29.4 Å². The summed E-state index contributed by atoms with van der Waals surface area (Å²) in [5.41, 5.74) is -1.90. The van der Waals surface area contributed by atoms with E-state index in [-0.39, 0.29) is 22.8 Å². The van der Waals surface area contributed by atoms with E-state index in [4.69, 9.17) is 9.47 Å². The summed E-state index contributed by atoms with van der Waals surface area (Å²) in [7, 11) is 0. The molecule has 1 aliphatic heterocycles. The smallest absolute Gasteiger partial charge is 0.416 e. The Morgan fingerprint density at radius 1 is 1.18 bits per heavy atom. The van der Waals surface area contributed by atoms with Crippen LogP contribution in [0.5, 0.6) is 11.5 Å². The molecule has 178 valence electrons. The van der Waals surface area contributed by atoms with Gasteiger partial charge in [-0.25, -0.2) is 0 Å². The van der Waals surface area contributed by atoms with Crippen LogP contribution in [0.1, 0.15) is 18.1 Å². The van der Waals surface area contributed by atoms with Crippen molar-refractivity contribution in [2.24, 2.45) is 0 Å². The van der Waals surface area contributed by atoms with Gasteiger partial charge in [-0.2, -0.15) is 13.2 Å². The number of rotatable bonds is 7. The van der Waals surface area contributed by atoms with Crippen LogP contribution in [0.4, 0.5) is 23.7 Å². The molecule has 13 heteroatoms. The monoisotopic (exact) mass is 496 g/mol. The molecular weight excluding hydrogens is 481 g/mol. The van der Waals surface area contributed by atoms with E-state index >= 15 is 0 Å². The van der Waals surface area contributed by atoms with Gasteiger partial charge in [0, 0.05) is 11.6 Å². The van der Waals surface area contributed by atoms with Gasteiger partial charge in [0.1, 0.15) is 12.3 Å². The summed E-state index contributed by atoms with van der Waals surface area (Å²) < 4.78 is 49.1. The lowest BCUT2D eigenvalue weighted by molar-refractivity contribution is -0.385. The summed E-state index contributed by atoms with van der Waals surface area (Å²) in [5, 5.41) is 10.6. The summed E-state index contributed by atoms with van der Waals surface area (Å²) in [5.74, 6) is -1.97. The third kappa shape index (κ3) is 5.54. The first-order valence-corrected chi connectivity index (χ1v) is 10.4. The molecule has 2 amide bonds. The maximum absolute atomic E-state index is 12.9. The second kappa shape index (κ2) is 9.95. The van der Waals surface area contributed by atoms with E-state index in [1.807, 2.05) is 0 Å². The number of ether oxygens (including phenoxy) is 2. The van der Waals surface area contributed by atoms with Crippen LogP contribution in [0.2, 0.25) is 0 Å². The lowest BCUT2D eigenvalue weighted by atomic mass is 10.1. The lowest BCUT2D eigenvalue weighted by Gasteiger charge is -2.12. The van der Waals surface area contributed by atoms with Crippen LogP contribution < -0.4 is 4.74 Å². The Balaban J connectivity index is 1.91. The van der Waals surface area contributed by atoms with E-state index < -0.39 is 51.8 Å². The number of alkyl halides is 3. The summed E-state index contributed by atoms with van der Waals surface area (Å²) in [6, 6.07) is 7.76. The van der Waals surface area contributed by atoms with E-state index in [1.54, 1.807) is 13.0 Å². The van der Waals surface area contributed by atoms with Gasteiger partial charge in [0.25, 0.3) is 11.1 Å². The number of thioether (sulfide) groups is 1. The van der Waals surface area contributed by atoms with Crippen LogP contribution in [0.3, 0.4) is 0 Å².